The van der Waals surface area contributed by atoms with Crippen molar-refractivity contribution in [2.24, 2.45) is 4.99 Å². The molecule has 6 nitrogen and oxygen atoms in total. The molecule has 0 atom stereocenters. The van der Waals surface area contributed by atoms with E-state index in [1.807, 2.05) is 0 Å². The van der Waals surface area contributed by atoms with Gasteiger partial charge in [-0.1, -0.05) is 36.4 Å². The number of nitrogens with zero attached hydrogens (tertiary/aromatic N) is 2. The molecule has 0 radical (unpaired) electrons. The van der Waals surface area contributed by atoms with Crippen LogP contribution in [-0.4, -0.2) is 50.8 Å². The van der Waals surface area contributed by atoms with E-state index in [2.05, 4.69) is 76.3 Å². The van der Waals surface area contributed by atoms with Crippen LogP contribution < -0.4 is 16.0 Å². The molecule has 0 aliphatic carbocycles. The van der Waals surface area contributed by atoms with Gasteiger partial charge in [0.15, 0.2) is 5.96 Å². The molecule has 2 aromatic rings. The van der Waals surface area contributed by atoms with E-state index < -0.39 is 0 Å². The predicted molar refractivity (Wildman–Crippen MR) is 145 cm³/mol. The van der Waals surface area contributed by atoms with E-state index in [0.717, 1.165) is 37.8 Å². The summed E-state index contributed by atoms with van der Waals surface area (Å²) in [5.74, 6) is 0.839. The maximum Gasteiger partial charge on any atom is 0.191 e. The van der Waals surface area contributed by atoms with Gasteiger partial charge in [0, 0.05) is 39.0 Å². The monoisotopic (exact) mass is 551 g/mol. The number of methoxy groups -OCH3 is 1. The zero-order valence-corrected chi connectivity index (χ0v) is 21.7. The molecule has 32 heavy (non-hydrogen) atoms. The Balaban J connectivity index is 0.00000363. The third-order valence-corrected chi connectivity index (χ3v) is 5.44. The Morgan fingerprint density at radius 1 is 0.938 bits per heavy atom. The summed E-state index contributed by atoms with van der Waals surface area (Å²) in [6.45, 7) is 9.37. The van der Waals surface area contributed by atoms with Crippen LogP contribution in [0.15, 0.2) is 53.5 Å². The summed E-state index contributed by atoms with van der Waals surface area (Å²) in [5, 5.41) is 10.1. The Morgan fingerprint density at radius 2 is 1.59 bits per heavy atom. The highest BCUT2D eigenvalue weighted by atomic mass is 127. The van der Waals surface area contributed by atoms with Crippen LogP contribution in [0.3, 0.4) is 0 Å². The predicted octanol–water partition coefficient (Wildman–Crippen LogP) is 4.21. The van der Waals surface area contributed by atoms with Gasteiger partial charge in [-0.2, -0.15) is 0 Å². The maximum absolute atomic E-state index is 5.07. The van der Waals surface area contributed by atoms with E-state index in [1.54, 1.807) is 7.11 Å². The third-order valence-electron chi connectivity index (χ3n) is 5.44. The van der Waals surface area contributed by atoms with Crippen LogP contribution in [0.5, 0.6) is 0 Å². The number of ether oxygens (including phenoxy) is 1. The second-order valence-corrected chi connectivity index (χ2v) is 7.96. The van der Waals surface area contributed by atoms with Gasteiger partial charge in [-0.05, 0) is 61.7 Å². The van der Waals surface area contributed by atoms with E-state index in [9.17, 15) is 0 Å². The first-order valence-electron chi connectivity index (χ1n) is 11.4. The highest BCUT2D eigenvalue weighted by Crippen LogP contribution is 2.13. The normalized spacial score (nSPS) is 14.1. The van der Waals surface area contributed by atoms with Crippen LogP contribution in [0.25, 0.3) is 0 Å². The summed E-state index contributed by atoms with van der Waals surface area (Å²) in [7, 11) is 1.71. The van der Waals surface area contributed by atoms with Crippen molar-refractivity contribution in [2.75, 3.05) is 45.2 Å². The molecule has 0 amide bonds. The molecule has 0 saturated carbocycles. The first-order valence-corrected chi connectivity index (χ1v) is 11.4. The molecule has 1 heterocycles. The SMILES string of the molecule is CCNC(=NCc1ccc(NCCOC)cc1)NCc1ccc(CN2CCCC2)cc1.I. The molecule has 0 unspecified atom stereocenters. The van der Waals surface area contributed by atoms with Crippen LogP contribution in [0, 0.1) is 0 Å². The van der Waals surface area contributed by atoms with Crippen LogP contribution >= 0.6 is 24.0 Å². The average molecular weight is 552 g/mol. The van der Waals surface area contributed by atoms with Crippen LogP contribution in [-0.2, 0) is 24.4 Å². The Hall–Kier alpha value is -1.84. The molecular weight excluding hydrogens is 513 g/mol. The molecule has 3 N–H and O–H groups in total. The number of guanidine groups is 1. The minimum absolute atomic E-state index is 0. The van der Waals surface area contributed by atoms with Crippen molar-refractivity contribution >= 4 is 35.6 Å². The summed E-state index contributed by atoms with van der Waals surface area (Å²) >= 11 is 0. The maximum atomic E-state index is 5.07. The molecule has 7 heteroatoms. The Bertz CT molecular complexity index is 789. The van der Waals surface area contributed by atoms with Gasteiger partial charge < -0.3 is 20.7 Å². The molecule has 1 aliphatic rings. The van der Waals surface area contributed by atoms with Crippen LogP contribution in [0.4, 0.5) is 5.69 Å². The van der Waals surface area contributed by atoms with Gasteiger partial charge in [-0.25, -0.2) is 4.99 Å². The van der Waals surface area contributed by atoms with Crippen molar-refractivity contribution in [1.29, 1.82) is 0 Å². The van der Waals surface area contributed by atoms with Gasteiger partial charge in [0.1, 0.15) is 0 Å². The average Bonchev–Trinajstić information content (AvgIpc) is 3.31. The standard InChI is InChI=1S/C25H37N5O.HI/c1-3-26-25(29-19-22-10-12-24(13-11-22)27-14-17-31-2)28-18-21-6-8-23(9-7-21)20-30-15-4-5-16-30;/h6-13,27H,3-5,14-20H2,1-2H3,(H2,26,28,29);1H. The van der Waals surface area contributed by atoms with Gasteiger partial charge in [-0.3, -0.25) is 4.90 Å². The van der Waals surface area contributed by atoms with Gasteiger partial charge in [-0.15, -0.1) is 24.0 Å². The van der Waals surface area contributed by atoms with Gasteiger partial charge in [0.05, 0.1) is 13.2 Å². The first kappa shape index (κ1) is 26.4. The second-order valence-electron chi connectivity index (χ2n) is 7.96. The third kappa shape index (κ3) is 9.34. The van der Waals surface area contributed by atoms with Crippen molar-refractivity contribution in [3.05, 3.63) is 65.2 Å². The number of aliphatic imine (C=N–C) groups is 1. The number of hydrogen-bond acceptors (Lipinski definition) is 4. The number of halogens is 1. The highest BCUT2D eigenvalue weighted by molar-refractivity contribution is 14.0. The first-order chi connectivity index (χ1) is 15.3. The fraction of sp³-hybridized carbons (Fsp3) is 0.480. The summed E-state index contributed by atoms with van der Waals surface area (Å²) in [6, 6.07) is 17.3. The molecule has 176 valence electrons. The van der Waals surface area contributed by atoms with Crippen molar-refractivity contribution in [3.8, 4) is 0 Å². The van der Waals surface area contributed by atoms with Crippen molar-refractivity contribution in [2.45, 2.75) is 39.4 Å². The molecule has 0 aromatic heterocycles. The highest BCUT2D eigenvalue weighted by Gasteiger charge is 2.11. The Kier molecular flexibility index (Phi) is 12.4. The van der Waals surface area contributed by atoms with E-state index in [0.29, 0.717) is 13.2 Å². The molecule has 3 rings (SSSR count). The lowest BCUT2D eigenvalue weighted by molar-refractivity contribution is 0.211. The fourth-order valence-electron chi connectivity index (χ4n) is 3.68. The van der Waals surface area contributed by atoms with Gasteiger partial charge in [0.25, 0.3) is 0 Å². The number of hydrogen-bond donors (Lipinski definition) is 3. The lowest BCUT2D eigenvalue weighted by Gasteiger charge is -2.15. The minimum Gasteiger partial charge on any atom is -0.383 e. The van der Waals surface area contributed by atoms with E-state index >= 15 is 0 Å². The van der Waals surface area contributed by atoms with E-state index in [4.69, 9.17) is 9.73 Å². The summed E-state index contributed by atoms with van der Waals surface area (Å²) < 4.78 is 5.07. The lowest BCUT2D eigenvalue weighted by Crippen LogP contribution is -2.36. The van der Waals surface area contributed by atoms with Crippen LogP contribution in [0.2, 0.25) is 0 Å². The molecule has 1 fully saturated rings. The summed E-state index contributed by atoms with van der Waals surface area (Å²) in [4.78, 5) is 7.27. The van der Waals surface area contributed by atoms with Gasteiger partial charge >= 0.3 is 0 Å². The van der Waals surface area contributed by atoms with Crippen LogP contribution in [0.1, 0.15) is 36.5 Å². The van der Waals surface area contributed by atoms with E-state index in [-0.39, 0.29) is 24.0 Å². The number of anilines is 1. The zero-order valence-electron chi connectivity index (χ0n) is 19.4. The van der Waals surface area contributed by atoms with Gasteiger partial charge in [0.2, 0.25) is 0 Å². The Labute approximate surface area is 210 Å². The van der Waals surface area contributed by atoms with Crippen molar-refractivity contribution in [1.82, 2.24) is 15.5 Å². The van der Waals surface area contributed by atoms with Crippen molar-refractivity contribution in [3.63, 3.8) is 0 Å². The molecule has 1 aliphatic heterocycles. The zero-order chi connectivity index (χ0) is 21.7. The number of benzene rings is 2. The smallest absolute Gasteiger partial charge is 0.191 e. The lowest BCUT2D eigenvalue weighted by atomic mass is 10.1. The van der Waals surface area contributed by atoms with Crippen molar-refractivity contribution < 1.29 is 4.74 Å². The summed E-state index contributed by atoms with van der Waals surface area (Å²) in [6.07, 6.45) is 2.67. The quantitative estimate of drug-likeness (QED) is 0.169. The van der Waals surface area contributed by atoms with E-state index in [1.165, 1.54) is 42.6 Å². The number of nitrogens with one attached hydrogen (secondary N) is 3. The molecule has 0 spiro atoms. The number of likely N-dealkylation sites (tertiary alicyclic amines) is 1. The largest absolute Gasteiger partial charge is 0.383 e. The molecule has 0 bridgehead atoms. The molecular formula is C25H38IN5O. The molecule has 1 saturated heterocycles. The Morgan fingerprint density at radius 3 is 2.25 bits per heavy atom. The summed E-state index contributed by atoms with van der Waals surface area (Å²) in [5.41, 5.74) is 4.94. The fourth-order valence-corrected chi connectivity index (χ4v) is 3.68. The second kappa shape index (κ2) is 15.1. The topological polar surface area (TPSA) is 60.9 Å². The number of rotatable bonds is 11. The minimum atomic E-state index is 0. The molecule has 2 aromatic carbocycles.